The Labute approximate surface area is 102 Å². The van der Waals surface area contributed by atoms with Gasteiger partial charge in [-0.15, -0.1) is 0 Å². The van der Waals surface area contributed by atoms with E-state index in [9.17, 15) is 5.11 Å². The molecule has 1 aromatic rings. The number of nitrogens with two attached hydrogens (primary N) is 1. The maximum atomic E-state index is 9.86. The van der Waals surface area contributed by atoms with Crippen molar-refractivity contribution < 1.29 is 5.11 Å². The van der Waals surface area contributed by atoms with Gasteiger partial charge in [-0.25, -0.2) is 4.99 Å². The highest BCUT2D eigenvalue weighted by molar-refractivity contribution is 5.81. The topological polar surface area (TPSA) is 61.8 Å². The molecule has 0 aromatic heterocycles. The third-order valence-corrected chi connectivity index (χ3v) is 3.16. The zero-order chi connectivity index (χ0) is 12.3. The van der Waals surface area contributed by atoms with Crippen molar-refractivity contribution in [2.75, 3.05) is 13.1 Å². The normalized spacial score (nSPS) is 20.4. The molecule has 1 heterocycles. The fourth-order valence-electron chi connectivity index (χ4n) is 1.92. The lowest BCUT2D eigenvalue weighted by Crippen LogP contribution is -2.47. The van der Waals surface area contributed by atoms with Crippen molar-refractivity contribution in [3.05, 3.63) is 30.3 Å². The van der Waals surface area contributed by atoms with Crippen LogP contribution in [0.15, 0.2) is 35.3 Å². The molecule has 92 valence electrons. The number of aliphatic imine (C=N–C) groups is 1. The molecule has 1 aliphatic rings. The van der Waals surface area contributed by atoms with Gasteiger partial charge in [0.05, 0.1) is 11.3 Å². The van der Waals surface area contributed by atoms with E-state index in [2.05, 4.69) is 4.99 Å². The number of benzene rings is 1. The second-order valence-electron chi connectivity index (χ2n) is 4.79. The van der Waals surface area contributed by atoms with Gasteiger partial charge in [0.15, 0.2) is 5.96 Å². The molecule has 0 unspecified atom stereocenters. The number of piperidine rings is 1. The summed E-state index contributed by atoms with van der Waals surface area (Å²) < 4.78 is 0. The quantitative estimate of drug-likeness (QED) is 0.570. The molecule has 0 saturated carbocycles. The standard InChI is InChI=1S/C13H19N3O/c1-13(17)7-9-16(10-8-13)12(14)15-11-5-3-2-4-6-11/h2-6,17H,7-10H2,1H3,(H2,14,15). The Morgan fingerprint density at radius 2 is 1.88 bits per heavy atom. The summed E-state index contributed by atoms with van der Waals surface area (Å²) in [5.41, 5.74) is 6.27. The van der Waals surface area contributed by atoms with Crippen LogP contribution >= 0.6 is 0 Å². The average Bonchev–Trinajstić information content (AvgIpc) is 2.30. The van der Waals surface area contributed by atoms with Crippen molar-refractivity contribution >= 4 is 11.6 Å². The highest BCUT2D eigenvalue weighted by Gasteiger charge is 2.27. The van der Waals surface area contributed by atoms with Crippen molar-refractivity contribution in [2.24, 2.45) is 10.7 Å². The van der Waals surface area contributed by atoms with Gasteiger partial charge in [-0.3, -0.25) is 0 Å². The van der Waals surface area contributed by atoms with Crippen LogP contribution in [0.25, 0.3) is 0 Å². The molecule has 1 aliphatic heterocycles. The molecule has 0 spiro atoms. The first-order chi connectivity index (χ1) is 8.07. The van der Waals surface area contributed by atoms with Gasteiger partial charge in [0.1, 0.15) is 0 Å². The Balaban J connectivity index is 2.02. The third kappa shape index (κ3) is 3.20. The largest absolute Gasteiger partial charge is 0.390 e. The zero-order valence-corrected chi connectivity index (χ0v) is 10.1. The molecule has 1 saturated heterocycles. The van der Waals surface area contributed by atoms with Crippen molar-refractivity contribution in [3.8, 4) is 0 Å². The summed E-state index contributed by atoms with van der Waals surface area (Å²) in [5.74, 6) is 0.534. The van der Waals surface area contributed by atoms with Crippen LogP contribution in [0.1, 0.15) is 19.8 Å². The maximum Gasteiger partial charge on any atom is 0.196 e. The Morgan fingerprint density at radius 1 is 1.29 bits per heavy atom. The minimum absolute atomic E-state index is 0.534. The minimum Gasteiger partial charge on any atom is -0.390 e. The van der Waals surface area contributed by atoms with Gasteiger partial charge >= 0.3 is 0 Å². The molecule has 0 atom stereocenters. The van der Waals surface area contributed by atoms with Crippen LogP contribution in [0.3, 0.4) is 0 Å². The summed E-state index contributed by atoms with van der Waals surface area (Å²) >= 11 is 0. The minimum atomic E-state index is -0.552. The van der Waals surface area contributed by atoms with Crippen LogP contribution in [0.4, 0.5) is 5.69 Å². The molecule has 0 radical (unpaired) electrons. The SMILES string of the molecule is CC1(O)CCN(C(N)=Nc2ccccc2)CC1. The predicted octanol–water partition coefficient (Wildman–Crippen LogP) is 1.48. The first-order valence-electron chi connectivity index (χ1n) is 5.93. The summed E-state index contributed by atoms with van der Waals surface area (Å²) in [5, 5.41) is 9.86. The number of hydrogen-bond acceptors (Lipinski definition) is 2. The van der Waals surface area contributed by atoms with Crippen LogP contribution in [0.2, 0.25) is 0 Å². The molecule has 0 aliphatic carbocycles. The van der Waals surface area contributed by atoms with Crippen molar-refractivity contribution in [2.45, 2.75) is 25.4 Å². The van der Waals surface area contributed by atoms with E-state index < -0.39 is 5.60 Å². The van der Waals surface area contributed by atoms with Gasteiger partial charge in [0.2, 0.25) is 0 Å². The Bertz CT molecular complexity index is 390. The molecule has 0 amide bonds. The second-order valence-corrected chi connectivity index (χ2v) is 4.79. The molecule has 4 nitrogen and oxygen atoms in total. The molecule has 1 aromatic carbocycles. The van der Waals surface area contributed by atoms with E-state index >= 15 is 0 Å². The van der Waals surface area contributed by atoms with E-state index in [1.54, 1.807) is 0 Å². The summed E-state index contributed by atoms with van der Waals surface area (Å²) in [6.07, 6.45) is 1.47. The van der Waals surface area contributed by atoms with Gasteiger partial charge < -0.3 is 15.7 Å². The molecular weight excluding hydrogens is 214 g/mol. The molecule has 1 fully saturated rings. The average molecular weight is 233 g/mol. The van der Waals surface area contributed by atoms with Gasteiger partial charge in [0.25, 0.3) is 0 Å². The molecule has 2 rings (SSSR count). The van der Waals surface area contributed by atoms with Gasteiger partial charge in [-0.2, -0.15) is 0 Å². The lowest BCUT2D eigenvalue weighted by molar-refractivity contribution is 0.00970. The summed E-state index contributed by atoms with van der Waals surface area (Å²) in [4.78, 5) is 6.39. The van der Waals surface area contributed by atoms with Gasteiger partial charge in [-0.1, -0.05) is 18.2 Å². The van der Waals surface area contributed by atoms with Crippen LogP contribution in [0.5, 0.6) is 0 Å². The van der Waals surface area contributed by atoms with Crippen LogP contribution < -0.4 is 5.73 Å². The van der Waals surface area contributed by atoms with E-state index in [0.717, 1.165) is 31.6 Å². The maximum absolute atomic E-state index is 9.86. The first kappa shape index (κ1) is 11.9. The second kappa shape index (κ2) is 4.75. The van der Waals surface area contributed by atoms with Crippen molar-refractivity contribution in [3.63, 3.8) is 0 Å². The van der Waals surface area contributed by atoms with Crippen molar-refractivity contribution in [1.29, 1.82) is 0 Å². The number of rotatable bonds is 1. The van der Waals surface area contributed by atoms with E-state index in [-0.39, 0.29) is 0 Å². The molecule has 4 heteroatoms. The summed E-state index contributed by atoms with van der Waals surface area (Å²) in [7, 11) is 0. The van der Waals surface area contributed by atoms with Gasteiger partial charge in [-0.05, 0) is 31.9 Å². The Morgan fingerprint density at radius 3 is 2.47 bits per heavy atom. The fourth-order valence-corrected chi connectivity index (χ4v) is 1.92. The highest BCUT2D eigenvalue weighted by atomic mass is 16.3. The molecule has 17 heavy (non-hydrogen) atoms. The monoisotopic (exact) mass is 233 g/mol. The number of likely N-dealkylation sites (tertiary alicyclic amines) is 1. The molecule has 0 bridgehead atoms. The Kier molecular flexibility index (Phi) is 3.33. The fraction of sp³-hybridized carbons (Fsp3) is 0.462. The first-order valence-corrected chi connectivity index (χ1v) is 5.93. The Hall–Kier alpha value is -1.55. The van der Waals surface area contributed by atoms with E-state index in [4.69, 9.17) is 5.73 Å². The third-order valence-electron chi connectivity index (χ3n) is 3.16. The van der Waals surface area contributed by atoms with E-state index in [1.165, 1.54) is 0 Å². The number of para-hydroxylation sites is 1. The lowest BCUT2D eigenvalue weighted by Gasteiger charge is -2.36. The van der Waals surface area contributed by atoms with Gasteiger partial charge in [0, 0.05) is 13.1 Å². The summed E-state index contributed by atoms with van der Waals surface area (Å²) in [6, 6.07) is 9.67. The van der Waals surface area contributed by atoms with Crippen LogP contribution in [-0.4, -0.2) is 34.7 Å². The van der Waals surface area contributed by atoms with Crippen LogP contribution in [0, 0.1) is 0 Å². The zero-order valence-electron chi connectivity index (χ0n) is 10.1. The number of guanidine groups is 1. The highest BCUT2D eigenvalue weighted by Crippen LogP contribution is 2.21. The number of aliphatic hydroxyl groups is 1. The van der Waals surface area contributed by atoms with Crippen LogP contribution in [-0.2, 0) is 0 Å². The number of nitrogens with zero attached hydrogens (tertiary/aromatic N) is 2. The summed E-state index contributed by atoms with van der Waals surface area (Å²) in [6.45, 7) is 3.39. The smallest absolute Gasteiger partial charge is 0.196 e. The molecule has 3 N–H and O–H groups in total. The van der Waals surface area contributed by atoms with Crippen molar-refractivity contribution in [1.82, 2.24) is 4.90 Å². The molecular formula is C13H19N3O. The number of hydrogen-bond donors (Lipinski definition) is 2. The van der Waals surface area contributed by atoms with E-state index in [1.807, 2.05) is 42.2 Å². The van der Waals surface area contributed by atoms with E-state index in [0.29, 0.717) is 5.96 Å². The predicted molar refractivity (Wildman–Crippen MR) is 69.2 cm³/mol. The lowest BCUT2D eigenvalue weighted by atomic mass is 9.94.